The van der Waals surface area contributed by atoms with Crippen LogP contribution in [0.1, 0.15) is 12.8 Å². The molecule has 1 fully saturated rings. The minimum atomic E-state index is -4.24. The van der Waals surface area contributed by atoms with Crippen LogP contribution in [0.4, 0.5) is 8.78 Å². The van der Waals surface area contributed by atoms with Gasteiger partial charge in [0, 0.05) is 25.6 Å². The number of nitrogens with zero attached hydrogens (tertiary/aromatic N) is 1. The number of nitrogens with two attached hydrogens (primary N) is 2. The molecule has 0 spiro atoms. The summed E-state index contributed by atoms with van der Waals surface area (Å²) >= 11 is 0. The number of carbonyl (C=O) groups is 1. The number of hydrogen-bond acceptors (Lipinski definition) is 7. The van der Waals surface area contributed by atoms with Crippen molar-refractivity contribution in [3.63, 3.8) is 0 Å². The number of halogens is 2. The van der Waals surface area contributed by atoms with Crippen molar-refractivity contribution in [2.45, 2.75) is 37.2 Å². The molecule has 8 N–H and O–H groups in total. The standard InChI is InChI=1S/C11H23BF2N4O6S/c13-9(14)8(15)4-17-25(23,24)18-5-7(2-1-3-12(21)22)11(16,6-18)10(19)20/h7-9,17,21-22H,1-6,15-16H2,(H,19,20)/t7-,8+,11-/m1/s1. The van der Waals surface area contributed by atoms with Crippen LogP contribution < -0.4 is 16.2 Å². The highest BCUT2D eigenvalue weighted by molar-refractivity contribution is 7.87. The zero-order chi connectivity index (χ0) is 19.4. The van der Waals surface area contributed by atoms with Crippen molar-refractivity contribution in [1.29, 1.82) is 0 Å². The molecule has 146 valence electrons. The third-order valence-electron chi connectivity index (χ3n) is 4.17. The minimum absolute atomic E-state index is 0.0135. The Labute approximate surface area is 144 Å². The molecule has 1 aliphatic heterocycles. The zero-order valence-corrected chi connectivity index (χ0v) is 14.2. The van der Waals surface area contributed by atoms with Crippen LogP contribution in [0.25, 0.3) is 0 Å². The monoisotopic (exact) mass is 388 g/mol. The van der Waals surface area contributed by atoms with Gasteiger partial charge in [-0.1, -0.05) is 6.42 Å². The fourth-order valence-electron chi connectivity index (χ4n) is 2.60. The summed E-state index contributed by atoms with van der Waals surface area (Å²) in [4.78, 5) is 11.5. The zero-order valence-electron chi connectivity index (χ0n) is 13.4. The van der Waals surface area contributed by atoms with Gasteiger partial charge in [0.05, 0.1) is 6.04 Å². The van der Waals surface area contributed by atoms with Crippen molar-refractivity contribution in [3.8, 4) is 0 Å². The molecule has 0 aliphatic carbocycles. The van der Waals surface area contributed by atoms with Gasteiger partial charge in [0.15, 0.2) is 0 Å². The number of rotatable bonds is 10. The van der Waals surface area contributed by atoms with E-state index >= 15 is 0 Å². The Balaban J connectivity index is 2.80. The van der Waals surface area contributed by atoms with E-state index in [0.29, 0.717) is 0 Å². The van der Waals surface area contributed by atoms with Crippen molar-refractivity contribution in [2.75, 3.05) is 19.6 Å². The van der Waals surface area contributed by atoms with Crippen LogP contribution in [-0.4, -0.2) is 78.6 Å². The maximum Gasteiger partial charge on any atom is 0.451 e. The van der Waals surface area contributed by atoms with Crippen molar-refractivity contribution in [2.24, 2.45) is 17.4 Å². The van der Waals surface area contributed by atoms with Gasteiger partial charge < -0.3 is 26.6 Å². The molecule has 1 aliphatic rings. The fourth-order valence-corrected chi connectivity index (χ4v) is 3.94. The number of hydrogen-bond donors (Lipinski definition) is 6. The third-order valence-corrected chi connectivity index (χ3v) is 5.66. The van der Waals surface area contributed by atoms with Crippen LogP contribution in [-0.2, 0) is 15.0 Å². The van der Waals surface area contributed by atoms with Crippen LogP contribution in [0.5, 0.6) is 0 Å². The van der Waals surface area contributed by atoms with E-state index in [-0.39, 0.29) is 25.7 Å². The average Bonchev–Trinajstić information content (AvgIpc) is 2.84. The largest absolute Gasteiger partial charge is 0.480 e. The molecule has 0 unspecified atom stereocenters. The lowest BCUT2D eigenvalue weighted by molar-refractivity contribution is -0.144. The van der Waals surface area contributed by atoms with Gasteiger partial charge in [0.1, 0.15) is 5.54 Å². The highest BCUT2D eigenvalue weighted by Crippen LogP contribution is 2.31. The minimum Gasteiger partial charge on any atom is -0.480 e. The number of aliphatic carboxylic acids is 1. The van der Waals surface area contributed by atoms with Gasteiger partial charge in [-0.15, -0.1) is 0 Å². The van der Waals surface area contributed by atoms with Crippen molar-refractivity contribution >= 4 is 23.3 Å². The summed E-state index contributed by atoms with van der Waals surface area (Å²) in [7, 11) is -5.80. The van der Waals surface area contributed by atoms with E-state index in [1.54, 1.807) is 0 Å². The Morgan fingerprint density at radius 3 is 2.52 bits per heavy atom. The SMILES string of the molecule is N[C@@H](CNS(=O)(=O)N1C[C@@H](CCCB(O)O)[C@@](N)(C(=O)O)C1)C(F)F. The van der Waals surface area contributed by atoms with Gasteiger partial charge in [-0.05, 0) is 12.7 Å². The quantitative estimate of drug-likeness (QED) is 0.220. The van der Waals surface area contributed by atoms with Crippen LogP contribution in [0, 0.1) is 5.92 Å². The molecule has 3 atom stereocenters. The first kappa shape index (κ1) is 22.1. The van der Waals surface area contributed by atoms with Gasteiger partial charge in [-0.2, -0.15) is 12.7 Å². The molecule has 0 amide bonds. The van der Waals surface area contributed by atoms with E-state index in [1.165, 1.54) is 0 Å². The molecule has 1 saturated heterocycles. The molecule has 0 radical (unpaired) electrons. The lowest BCUT2D eigenvalue weighted by Crippen LogP contribution is -2.55. The topological polar surface area (TPSA) is 179 Å². The van der Waals surface area contributed by atoms with Crippen molar-refractivity contribution < 1.29 is 37.1 Å². The number of nitrogens with one attached hydrogen (secondary N) is 1. The second kappa shape index (κ2) is 8.66. The van der Waals surface area contributed by atoms with E-state index in [9.17, 15) is 27.1 Å². The molecule has 14 heteroatoms. The number of carboxylic acid groups (broad SMARTS) is 1. The van der Waals surface area contributed by atoms with Gasteiger partial charge >= 0.3 is 13.1 Å². The first-order valence-corrected chi connectivity index (χ1v) is 9.01. The smallest absolute Gasteiger partial charge is 0.451 e. The van der Waals surface area contributed by atoms with E-state index < -0.39 is 60.3 Å². The predicted octanol–water partition coefficient (Wildman–Crippen LogP) is -2.62. The van der Waals surface area contributed by atoms with Crippen LogP contribution in [0.15, 0.2) is 0 Å². The Kier molecular flexibility index (Phi) is 7.67. The summed E-state index contributed by atoms with van der Waals surface area (Å²) < 4.78 is 51.8. The summed E-state index contributed by atoms with van der Waals surface area (Å²) in [5.41, 5.74) is 9.07. The van der Waals surface area contributed by atoms with Gasteiger partial charge in [-0.3, -0.25) is 4.79 Å². The first-order valence-electron chi connectivity index (χ1n) is 7.57. The van der Waals surface area contributed by atoms with Gasteiger partial charge in [-0.25, -0.2) is 13.5 Å². The summed E-state index contributed by atoms with van der Waals surface area (Å²) in [6, 6.07) is -1.69. The van der Waals surface area contributed by atoms with E-state index in [4.69, 9.17) is 21.5 Å². The predicted molar refractivity (Wildman–Crippen MR) is 84.8 cm³/mol. The Morgan fingerprint density at radius 1 is 1.44 bits per heavy atom. The third kappa shape index (κ3) is 5.81. The molecule has 0 aromatic carbocycles. The molecule has 0 bridgehead atoms. The van der Waals surface area contributed by atoms with E-state index in [0.717, 1.165) is 4.31 Å². The Hall–Kier alpha value is -0.895. The summed E-state index contributed by atoms with van der Waals surface area (Å²) in [6.07, 6.45) is -2.54. The molecule has 1 heterocycles. The van der Waals surface area contributed by atoms with Crippen LogP contribution in [0.2, 0.25) is 6.32 Å². The summed E-state index contributed by atoms with van der Waals surface area (Å²) in [5.74, 6) is -2.17. The van der Waals surface area contributed by atoms with E-state index in [1.807, 2.05) is 4.72 Å². The maximum absolute atomic E-state index is 12.4. The molecule has 10 nitrogen and oxygen atoms in total. The number of carboxylic acids is 1. The molecule has 0 aromatic heterocycles. The van der Waals surface area contributed by atoms with Gasteiger partial charge in [0.25, 0.3) is 16.6 Å². The second-order valence-corrected chi connectivity index (χ2v) is 7.85. The van der Waals surface area contributed by atoms with Crippen molar-refractivity contribution in [3.05, 3.63) is 0 Å². The number of alkyl halides is 2. The van der Waals surface area contributed by atoms with Crippen LogP contribution in [0.3, 0.4) is 0 Å². The highest BCUT2D eigenvalue weighted by atomic mass is 32.2. The molecule has 0 aromatic rings. The van der Waals surface area contributed by atoms with Crippen molar-refractivity contribution in [1.82, 2.24) is 9.03 Å². The molecular formula is C11H23BF2N4O6S. The average molecular weight is 388 g/mol. The Bertz CT molecular complexity index is 569. The molecular weight excluding hydrogens is 365 g/mol. The van der Waals surface area contributed by atoms with E-state index in [2.05, 4.69) is 0 Å². The van der Waals surface area contributed by atoms with Gasteiger partial charge in [0.2, 0.25) is 0 Å². The Morgan fingerprint density at radius 2 is 2.04 bits per heavy atom. The normalized spacial score (nSPS) is 26.1. The second-order valence-electron chi connectivity index (χ2n) is 6.10. The first-order chi connectivity index (χ1) is 11.4. The molecule has 25 heavy (non-hydrogen) atoms. The maximum atomic E-state index is 12.4. The van der Waals surface area contributed by atoms with Crippen LogP contribution >= 0.6 is 0 Å². The lowest BCUT2D eigenvalue weighted by atomic mass is 9.78. The molecule has 0 saturated carbocycles. The fraction of sp³-hybridized carbons (Fsp3) is 0.909. The highest BCUT2D eigenvalue weighted by Gasteiger charge is 2.52. The lowest BCUT2D eigenvalue weighted by Gasteiger charge is -2.25. The summed E-state index contributed by atoms with van der Waals surface area (Å²) in [5, 5.41) is 27.0. The molecule has 1 rings (SSSR count). The summed E-state index contributed by atoms with van der Waals surface area (Å²) in [6.45, 7) is -1.47.